The molecule has 0 saturated heterocycles. The fourth-order valence-electron chi connectivity index (χ4n) is 3.42. The standard InChI is InChI=1S/C25H25N3O4S/c1-3-4-17-28(2)33(30,31)19-15-13-18(14-16-19)24(29)26-21-10-6-5-9-20(21)25-27-22-11-7-8-12-23(22)32-25/h5-16H,3-4,17H2,1-2H3,(H,26,29). The van der Waals surface area contributed by atoms with Crippen LogP contribution in [0.3, 0.4) is 0 Å². The van der Waals surface area contributed by atoms with E-state index in [1.165, 1.54) is 28.6 Å². The van der Waals surface area contributed by atoms with Gasteiger partial charge < -0.3 is 9.73 Å². The Morgan fingerprint density at radius 3 is 2.42 bits per heavy atom. The van der Waals surface area contributed by atoms with E-state index in [1.54, 1.807) is 13.1 Å². The number of aromatic nitrogens is 1. The molecule has 33 heavy (non-hydrogen) atoms. The molecule has 7 nitrogen and oxygen atoms in total. The number of amides is 1. The van der Waals surface area contributed by atoms with Crippen LogP contribution in [-0.2, 0) is 10.0 Å². The van der Waals surface area contributed by atoms with Crippen molar-refractivity contribution in [1.29, 1.82) is 0 Å². The van der Waals surface area contributed by atoms with Crippen molar-refractivity contribution < 1.29 is 17.6 Å². The fourth-order valence-corrected chi connectivity index (χ4v) is 4.63. The first-order valence-electron chi connectivity index (χ1n) is 10.7. The summed E-state index contributed by atoms with van der Waals surface area (Å²) in [5, 5.41) is 2.88. The second kappa shape index (κ2) is 9.56. The van der Waals surface area contributed by atoms with Crippen molar-refractivity contribution in [2.75, 3.05) is 18.9 Å². The summed E-state index contributed by atoms with van der Waals surface area (Å²) in [6, 6.07) is 20.6. The minimum atomic E-state index is -3.59. The van der Waals surface area contributed by atoms with Crippen LogP contribution in [-0.4, -0.2) is 37.2 Å². The van der Waals surface area contributed by atoms with Crippen LogP contribution in [0.1, 0.15) is 30.1 Å². The number of carbonyl (C=O) groups is 1. The van der Waals surface area contributed by atoms with Crippen LogP contribution in [0.2, 0.25) is 0 Å². The van der Waals surface area contributed by atoms with Gasteiger partial charge in [0.2, 0.25) is 15.9 Å². The lowest BCUT2D eigenvalue weighted by Crippen LogP contribution is -2.28. The van der Waals surface area contributed by atoms with Crippen LogP contribution in [0.4, 0.5) is 5.69 Å². The maximum Gasteiger partial charge on any atom is 0.255 e. The fraction of sp³-hybridized carbons (Fsp3) is 0.200. The molecule has 0 fully saturated rings. The van der Waals surface area contributed by atoms with Crippen molar-refractivity contribution in [3.63, 3.8) is 0 Å². The van der Waals surface area contributed by atoms with Gasteiger partial charge in [-0.15, -0.1) is 0 Å². The van der Waals surface area contributed by atoms with E-state index in [0.29, 0.717) is 34.8 Å². The Hall–Kier alpha value is -3.49. The van der Waals surface area contributed by atoms with Gasteiger partial charge in [-0.3, -0.25) is 4.79 Å². The third-order valence-electron chi connectivity index (χ3n) is 5.35. The molecule has 0 aliphatic heterocycles. The van der Waals surface area contributed by atoms with E-state index in [0.717, 1.165) is 18.4 Å². The van der Waals surface area contributed by atoms with E-state index in [1.807, 2.05) is 49.4 Å². The molecule has 4 aromatic rings. The highest BCUT2D eigenvalue weighted by Gasteiger charge is 2.21. The predicted molar refractivity (Wildman–Crippen MR) is 129 cm³/mol. The number of anilines is 1. The molecule has 0 bridgehead atoms. The summed E-state index contributed by atoms with van der Waals surface area (Å²) < 4.78 is 32.6. The van der Waals surface area contributed by atoms with Gasteiger partial charge in [-0.05, 0) is 55.0 Å². The molecular formula is C25H25N3O4S. The number of nitrogens with zero attached hydrogens (tertiary/aromatic N) is 2. The van der Waals surface area contributed by atoms with Crippen LogP contribution in [0.15, 0.2) is 82.1 Å². The Morgan fingerprint density at radius 1 is 1.00 bits per heavy atom. The maximum absolute atomic E-state index is 12.9. The molecule has 0 aliphatic rings. The molecule has 0 aliphatic carbocycles. The van der Waals surface area contributed by atoms with Crippen molar-refractivity contribution in [2.24, 2.45) is 0 Å². The molecule has 8 heteroatoms. The average Bonchev–Trinajstić information content (AvgIpc) is 3.27. The predicted octanol–water partition coefficient (Wildman–Crippen LogP) is 5.17. The summed E-state index contributed by atoms with van der Waals surface area (Å²) in [6.45, 7) is 2.46. The highest BCUT2D eigenvalue weighted by atomic mass is 32.2. The molecule has 1 amide bonds. The molecule has 0 unspecified atom stereocenters. The molecule has 1 heterocycles. The van der Waals surface area contributed by atoms with E-state index in [-0.39, 0.29) is 10.8 Å². The van der Waals surface area contributed by atoms with Gasteiger partial charge in [-0.1, -0.05) is 37.6 Å². The summed E-state index contributed by atoms with van der Waals surface area (Å²) in [4.78, 5) is 17.6. The van der Waals surface area contributed by atoms with Gasteiger partial charge in [-0.25, -0.2) is 17.7 Å². The van der Waals surface area contributed by atoms with E-state index in [4.69, 9.17) is 4.42 Å². The Balaban J connectivity index is 1.55. The normalized spacial score (nSPS) is 11.7. The smallest absolute Gasteiger partial charge is 0.255 e. The second-order valence-electron chi connectivity index (χ2n) is 7.69. The van der Waals surface area contributed by atoms with Crippen LogP contribution in [0.5, 0.6) is 0 Å². The number of nitrogens with one attached hydrogen (secondary N) is 1. The SMILES string of the molecule is CCCCN(C)S(=O)(=O)c1ccc(C(=O)Nc2ccccc2-c2nc3ccccc3o2)cc1. The zero-order valence-corrected chi connectivity index (χ0v) is 19.3. The number of hydrogen-bond acceptors (Lipinski definition) is 5. The number of fused-ring (bicyclic) bond motifs is 1. The zero-order valence-electron chi connectivity index (χ0n) is 18.5. The van der Waals surface area contributed by atoms with Crippen LogP contribution < -0.4 is 5.32 Å². The van der Waals surface area contributed by atoms with Crippen molar-refractivity contribution in [1.82, 2.24) is 9.29 Å². The summed E-state index contributed by atoms with van der Waals surface area (Å²) in [7, 11) is -2.02. The largest absolute Gasteiger partial charge is 0.436 e. The number of carbonyl (C=O) groups excluding carboxylic acids is 1. The van der Waals surface area contributed by atoms with Gasteiger partial charge in [0.15, 0.2) is 5.58 Å². The number of oxazole rings is 1. The van der Waals surface area contributed by atoms with E-state index >= 15 is 0 Å². The molecular weight excluding hydrogens is 438 g/mol. The third kappa shape index (κ3) is 4.81. The van der Waals surface area contributed by atoms with Crippen LogP contribution in [0.25, 0.3) is 22.6 Å². The maximum atomic E-state index is 12.9. The van der Waals surface area contributed by atoms with Crippen molar-refractivity contribution in [3.8, 4) is 11.5 Å². The Kier molecular flexibility index (Phi) is 6.57. The van der Waals surface area contributed by atoms with Crippen molar-refractivity contribution in [2.45, 2.75) is 24.7 Å². The number of hydrogen-bond donors (Lipinski definition) is 1. The van der Waals surface area contributed by atoms with E-state index in [2.05, 4.69) is 10.3 Å². The molecule has 1 aromatic heterocycles. The first-order chi connectivity index (χ1) is 15.9. The number of rotatable bonds is 8. The molecule has 3 aromatic carbocycles. The first-order valence-corrected chi connectivity index (χ1v) is 12.2. The molecule has 0 spiro atoms. The quantitative estimate of drug-likeness (QED) is 0.389. The highest BCUT2D eigenvalue weighted by molar-refractivity contribution is 7.89. The lowest BCUT2D eigenvalue weighted by Gasteiger charge is -2.17. The Bertz CT molecular complexity index is 1350. The minimum absolute atomic E-state index is 0.157. The molecule has 1 N–H and O–H groups in total. The first kappa shape index (κ1) is 22.7. The number of para-hydroxylation sites is 3. The van der Waals surface area contributed by atoms with E-state index < -0.39 is 10.0 Å². The Labute approximate surface area is 193 Å². The summed E-state index contributed by atoms with van der Waals surface area (Å²) in [5.74, 6) is 0.0468. The summed E-state index contributed by atoms with van der Waals surface area (Å²) in [5.41, 5.74) is 2.94. The third-order valence-corrected chi connectivity index (χ3v) is 7.22. The minimum Gasteiger partial charge on any atom is -0.436 e. The highest BCUT2D eigenvalue weighted by Crippen LogP contribution is 2.30. The summed E-state index contributed by atoms with van der Waals surface area (Å²) >= 11 is 0. The summed E-state index contributed by atoms with van der Waals surface area (Å²) in [6.07, 6.45) is 1.69. The number of benzene rings is 3. The molecule has 170 valence electrons. The lowest BCUT2D eigenvalue weighted by molar-refractivity contribution is 0.102. The molecule has 0 radical (unpaired) electrons. The topological polar surface area (TPSA) is 92.5 Å². The molecule has 0 saturated carbocycles. The van der Waals surface area contributed by atoms with Crippen LogP contribution in [0, 0.1) is 0 Å². The van der Waals surface area contributed by atoms with Gasteiger partial charge in [-0.2, -0.15) is 0 Å². The van der Waals surface area contributed by atoms with Gasteiger partial charge in [0, 0.05) is 19.2 Å². The van der Waals surface area contributed by atoms with Crippen molar-refractivity contribution >= 4 is 32.7 Å². The average molecular weight is 464 g/mol. The van der Waals surface area contributed by atoms with Gasteiger partial charge in [0.25, 0.3) is 5.91 Å². The second-order valence-corrected chi connectivity index (χ2v) is 9.74. The molecule has 0 atom stereocenters. The van der Waals surface area contributed by atoms with Gasteiger partial charge >= 0.3 is 0 Å². The van der Waals surface area contributed by atoms with E-state index in [9.17, 15) is 13.2 Å². The number of sulfonamides is 1. The lowest BCUT2D eigenvalue weighted by atomic mass is 10.1. The van der Waals surface area contributed by atoms with Gasteiger partial charge in [0.1, 0.15) is 5.52 Å². The van der Waals surface area contributed by atoms with Gasteiger partial charge in [0.05, 0.1) is 16.1 Å². The van der Waals surface area contributed by atoms with Crippen molar-refractivity contribution in [3.05, 3.63) is 78.4 Å². The monoisotopic (exact) mass is 463 g/mol. The van der Waals surface area contributed by atoms with Crippen LogP contribution >= 0.6 is 0 Å². The zero-order chi connectivity index (χ0) is 23.4. The number of unbranched alkanes of at least 4 members (excludes halogenated alkanes) is 1. The molecule has 4 rings (SSSR count). The Morgan fingerprint density at radius 2 is 1.70 bits per heavy atom.